The van der Waals surface area contributed by atoms with Crippen molar-refractivity contribution in [2.45, 2.75) is 52.9 Å². The molecule has 0 saturated carbocycles. The van der Waals surface area contributed by atoms with Gasteiger partial charge in [-0.15, -0.1) is 0 Å². The van der Waals surface area contributed by atoms with Gasteiger partial charge in [0.15, 0.2) is 0 Å². The number of aromatic nitrogens is 2. The first-order valence-electron chi connectivity index (χ1n) is 9.06. The predicted molar refractivity (Wildman–Crippen MR) is 99.8 cm³/mol. The van der Waals surface area contributed by atoms with Crippen LogP contribution in [0.4, 0.5) is 5.95 Å². The monoisotopic (exact) mass is 313 g/mol. The summed E-state index contributed by atoms with van der Waals surface area (Å²) >= 11 is 0. The van der Waals surface area contributed by atoms with Crippen molar-refractivity contribution in [3.63, 3.8) is 0 Å². The van der Waals surface area contributed by atoms with Gasteiger partial charge < -0.3 is 9.88 Å². The quantitative estimate of drug-likeness (QED) is 0.586. The average molecular weight is 313 g/mol. The summed E-state index contributed by atoms with van der Waals surface area (Å²) in [4.78, 5) is 10.5. The normalized spacial score (nSPS) is 11.1. The van der Waals surface area contributed by atoms with Crippen molar-refractivity contribution in [2.75, 3.05) is 18.0 Å². The van der Waals surface area contributed by atoms with E-state index in [-0.39, 0.29) is 0 Å². The van der Waals surface area contributed by atoms with Crippen LogP contribution in [0.15, 0.2) is 36.5 Å². The highest BCUT2D eigenvalue weighted by Crippen LogP contribution is 2.21. The van der Waals surface area contributed by atoms with Crippen molar-refractivity contribution < 1.29 is 0 Å². The Morgan fingerprint density at radius 1 is 1.04 bits per heavy atom. The van der Waals surface area contributed by atoms with E-state index in [2.05, 4.69) is 59.9 Å². The number of nitrogens with zero attached hydrogens (tertiary/aromatic N) is 2. The van der Waals surface area contributed by atoms with Crippen LogP contribution >= 0.6 is 0 Å². The Kier molecular flexibility index (Phi) is 7.18. The van der Waals surface area contributed by atoms with Crippen LogP contribution in [0.25, 0.3) is 11.3 Å². The first-order chi connectivity index (χ1) is 11.2. The van der Waals surface area contributed by atoms with Crippen LogP contribution in [-0.4, -0.2) is 23.1 Å². The molecule has 0 aliphatic heterocycles. The zero-order chi connectivity index (χ0) is 16.5. The first kappa shape index (κ1) is 17.6. The fourth-order valence-electron chi connectivity index (χ4n) is 2.87. The maximum atomic E-state index is 4.63. The number of benzene rings is 1. The van der Waals surface area contributed by atoms with Crippen LogP contribution in [0.1, 0.15) is 52.9 Å². The first-order valence-corrected chi connectivity index (χ1v) is 9.06. The topological polar surface area (TPSA) is 31.9 Å². The van der Waals surface area contributed by atoms with Gasteiger partial charge in [0.05, 0.1) is 11.9 Å². The van der Waals surface area contributed by atoms with Crippen LogP contribution in [0.3, 0.4) is 0 Å². The third kappa shape index (κ3) is 5.74. The third-order valence-corrected chi connectivity index (χ3v) is 4.06. The highest BCUT2D eigenvalue weighted by molar-refractivity contribution is 5.60. The molecule has 3 heteroatoms. The summed E-state index contributed by atoms with van der Waals surface area (Å²) < 4.78 is 0. The SMILES string of the molecule is CCCCCCCN(CC(C)C)c1ncc(-c2ccccc2)[nH]1. The lowest BCUT2D eigenvalue weighted by Gasteiger charge is -2.24. The van der Waals surface area contributed by atoms with Crippen molar-refractivity contribution in [1.29, 1.82) is 0 Å². The minimum absolute atomic E-state index is 0.635. The fourth-order valence-corrected chi connectivity index (χ4v) is 2.87. The molecule has 0 aliphatic carbocycles. The lowest BCUT2D eigenvalue weighted by Crippen LogP contribution is -2.29. The maximum Gasteiger partial charge on any atom is 0.203 e. The number of hydrogen-bond acceptors (Lipinski definition) is 2. The molecule has 1 heterocycles. The highest BCUT2D eigenvalue weighted by atomic mass is 15.3. The Balaban J connectivity index is 1.99. The third-order valence-electron chi connectivity index (χ3n) is 4.06. The summed E-state index contributed by atoms with van der Waals surface area (Å²) in [6.45, 7) is 8.94. The molecule has 126 valence electrons. The smallest absolute Gasteiger partial charge is 0.203 e. The van der Waals surface area contributed by atoms with E-state index in [1.807, 2.05) is 12.3 Å². The van der Waals surface area contributed by atoms with Crippen LogP contribution < -0.4 is 4.90 Å². The van der Waals surface area contributed by atoms with E-state index in [1.165, 1.54) is 37.7 Å². The molecule has 1 aromatic carbocycles. The molecule has 0 spiro atoms. The van der Waals surface area contributed by atoms with E-state index in [4.69, 9.17) is 0 Å². The van der Waals surface area contributed by atoms with Crippen molar-refractivity contribution in [2.24, 2.45) is 5.92 Å². The molecule has 0 atom stereocenters. The Morgan fingerprint density at radius 3 is 2.48 bits per heavy atom. The summed E-state index contributed by atoms with van der Waals surface area (Å²) in [5.74, 6) is 1.64. The molecule has 0 radical (unpaired) electrons. The predicted octanol–water partition coefficient (Wildman–Crippen LogP) is 5.51. The molecule has 1 N–H and O–H groups in total. The highest BCUT2D eigenvalue weighted by Gasteiger charge is 2.12. The fraction of sp³-hybridized carbons (Fsp3) is 0.550. The van der Waals surface area contributed by atoms with E-state index in [9.17, 15) is 0 Å². The number of unbranched alkanes of at least 4 members (excludes halogenated alkanes) is 4. The number of H-pyrrole nitrogens is 1. The second-order valence-corrected chi connectivity index (χ2v) is 6.74. The zero-order valence-corrected chi connectivity index (χ0v) is 14.9. The maximum absolute atomic E-state index is 4.63. The summed E-state index contributed by atoms with van der Waals surface area (Å²) in [6, 6.07) is 10.4. The molecular formula is C20H31N3. The van der Waals surface area contributed by atoms with Gasteiger partial charge in [0.2, 0.25) is 5.95 Å². The Morgan fingerprint density at radius 2 is 1.78 bits per heavy atom. The van der Waals surface area contributed by atoms with Gasteiger partial charge in [-0.25, -0.2) is 4.98 Å². The summed E-state index contributed by atoms with van der Waals surface area (Å²) in [6.07, 6.45) is 8.51. The van der Waals surface area contributed by atoms with E-state index >= 15 is 0 Å². The molecular weight excluding hydrogens is 282 g/mol. The van der Waals surface area contributed by atoms with Gasteiger partial charge in [-0.1, -0.05) is 76.8 Å². The Labute approximate surface area is 141 Å². The number of aromatic amines is 1. The largest absolute Gasteiger partial charge is 0.342 e. The number of imidazole rings is 1. The minimum Gasteiger partial charge on any atom is -0.342 e. The van der Waals surface area contributed by atoms with Crippen molar-refractivity contribution in [3.8, 4) is 11.3 Å². The second kappa shape index (κ2) is 9.39. The molecule has 3 nitrogen and oxygen atoms in total. The molecule has 0 aliphatic rings. The van der Waals surface area contributed by atoms with Crippen molar-refractivity contribution in [3.05, 3.63) is 36.5 Å². The van der Waals surface area contributed by atoms with Gasteiger partial charge in [0, 0.05) is 13.1 Å². The van der Waals surface area contributed by atoms with Gasteiger partial charge in [-0.2, -0.15) is 0 Å². The van der Waals surface area contributed by atoms with Crippen LogP contribution in [0.2, 0.25) is 0 Å². The molecule has 0 bridgehead atoms. The van der Waals surface area contributed by atoms with E-state index in [0.717, 1.165) is 24.7 Å². The van der Waals surface area contributed by atoms with E-state index in [1.54, 1.807) is 0 Å². The minimum atomic E-state index is 0.635. The van der Waals surface area contributed by atoms with Crippen LogP contribution in [-0.2, 0) is 0 Å². The van der Waals surface area contributed by atoms with Gasteiger partial charge in [0.1, 0.15) is 0 Å². The van der Waals surface area contributed by atoms with Crippen LogP contribution in [0, 0.1) is 5.92 Å². The number of nitrogens with one attached hydrogen (secondary N) is 1. The Bertz CT molecular complexity index is 545. The lowest BCUT2D eigenvalue weighted by molar-refractivity contribution is 0.567. The summed E-state index contributed by atoms with van der Waals surface area (Å²) in [7, 11) is 0. The summed E-state index contributed by atoms with van der Waals surface area (Å²) in [5, 5.41) is 0. The molecule has 0 saturated heterocycles. The van der Waals surface area contributed by atoms with Gasteiger partial charge in [-0.3, -0.25) is 0 Å². The second-order valence-electron chi connectivity index (χ2n) is 6.74. The number of rotatable bonds is 10. The number of hydrogen-bond donors (Lipinski definition) is 1. The molecule has 0 unspecified atom stereocenters. The zero-order valence-electron chi connectivity index (χ0n) is 14.9. The molecule has 2 aromatic rings. The van der Waals surface area contributed by atoms with Crippen molar-refractivity contribution in [1.82, 2.24) is 9.97 Å². The average Bonchev–Trinajstić information content (AvgIpc) is 3.04. The Hall–Kier alpha value is -1.77. The van der Waals surface area contributed by atoms with Gasteiger partial charge >= 0.3 is 0 Å². The van der Waals surface area contributed by atoms with Crippen molar-refractivity contribution >= 4 is 5.95 Å². The summed E-state index contributed by atoms with van der Waals surface area (Å²) in [5.41, 5.74) is 2.29. The van der Waals surface area contributed by atoms with E-state index in [0.29, 0.717) is 5.92 Å². The lowest BCUT2D eigenvalue weighted by atomic mass is 10.1. The van der Waals surface area contributed by atoms with Gasteiger partial charge in [-0.05, 0) is 17.9 Å². The van der Waals surface area contributed by atoms with Crippen LogP contribution in [0.5, 0.6) is 0 Å². The number of anilines is 1. The molecule has 23 heavy (non-hydrogen) atoms. The molecule has 1 aromatic heterocycles. The molecule has 0 fully saturated rings. The molecule has 0 amide bonds. The molecule has 2 rings (SSSR count). The van der Waals surface area contributed by atoms with E-state index < -0.39 is 0 Å². The standard InChI is InChI=1S/C20H31N3/c1-4-5-6-7-11-14-23(16-17(2)3)20-21-15-19(22-20)18-12-9-8-10-13-18/h8-10,12-13,15,17H,4-7,11,14,16H2,1-3H3,(H,21,22). The van der Waals surface area contributed by atoms with Gasteiger partial charge in [0.25, 0.3) is 0 Å².